The lowest BCUT2D eigenvalue weighted by molar-refractivity contribution is -0.120. The van der Waals surface area contributed by atoms with Gasteiger partial charge in [-0.05, 0) is 39.1 Å². The van der Waals surface area contributed by atoms with E-state index in [1.807, 2.05) is 33.8 Å². The van der Waals surface area contributed by atoms with Gasteiger partial charge in [-0.1, -0.05) is 17.8 Å². The van der Waals surface area contributed by atoms with Gasteiger partial charge in [0.1, 0.15) is 15.7 Å². The Balaban J connectivity index is 2.00. The molecule has 3 aromatic heterocycles. The maximum absolute atomic E-state index is 12.3. The first-order chi connectivity index (χ1) is 11.5. The SMILES string of the molecule is Cc1nc(SC(C)C(=O)NC(C)C)c2c(-c3cccs3)csc2n1. The lowest BCUT2D eigenvalue weighted by Gasteiger charge is -2.14. The van der Waals surface area contributed by atoms with Gasteiger partial charge in [-0.15, -0.1) is 22.7 Å². The normalized spacial score (nSPS) is 12.7. The van der Waals surface area contributed by atoms with Crippen LogP contribution in [0.15, 0.2) is 27.9 Å². The Kier molecular flexibility index (Phi) is 5.22. The van der Waals surface area contributed by atoms with Crippen molar-refractivity contribution in [1.29, 1.82) is 0 Å². The number of hydrogen-bond acceptors (Lipinski definition) is 6. The molecule has 1 N–H and O–H groups in total. The van der Waals surface area contributed by atoms with Crippen molar-refractivity contribution >= 4 is 50.6 Å². The van der Waals surface area contributed by atoms with Crippen LogP contribution in [0.25, 0.3) is 20.7 Å². The predicted molar refractivity (Wildman–Crippen MR) is 104 cm³/mol. The van der Waals surface area contributed by atoms with Gasteiger partial charge in [0, 0.05) is 21.9 Å². The molecule has 0 aliphatic heterocycles. The van der Waals surface area contributed by atoms with E-state index in [9.17, 15) is 4.79 Å². The number of amides is 1. The summed E-state index contributed by atoms with van der Waals surface area (Å²) in [4.78, 5) is 23.6. The summed E-state index contributed by atoms with van der Waals surface area (Å²) in [5.41, 5.74) is 1.16. The molecule has 1 unspecified atom stereocenters. The highest BCUT2D eigenvalue weighted by Crippen LogP contribution is 2.40. The van der Waals surface area contributed by atoms with Gasteiger partial charge in [0.25, 0.3) is 0 Å². The summed E-state index contributed by atoms with van der Waals surface area (Å²) in [5, 5.41) is 8.90. The monoisotopic (exact) mass is 377 g/mol. The number of thiophene rings is 2. The zero-order valence-corrected chi connectivity index (χ0v) is 16.4. The van der Waals surface area contributed by atoms with Gasteiger partial charge in [-0.2, -0.15) is 0 Å². The van der Waals surface area contributed by atoms with Crippen molar-refractivity contribution in [2.45, 2.75) is 44.0 Å². The zero-order chi connectivity index (χ0) is 17.3. The van der Waals surface area contributed by atoms with E-state index in [4.69, 9.17) is 0 Å². The van der Waals surface area contributed by atoms with Gasteiger partial charge in [-0.3, -0.25) is 4.79 Å². The summed E-state index contributed by atoms with van der Waals surface area (Å²) in [6.45, 7) is 7.75. The minimum atomic E-state index is -0.207. The Hall–Kier alpha value is -1.44. The fourth-order valence-corrected chi connectivity index (χ4v) is 5.22. The molecule has 0 bridgehead atoms. The highest BCUT2D eigenvalue weighted by Gasteiger charge is 2.21. The first-order valence-electron chi connectivity index (χ1n) is 7.72. The number of aryl methyl sites for hydroxylation is 1. The molecule has 0 aliphatic rings. The standard InChI is InChI=1S/C17H19N3OS3/c1-9(2)18-15(21)10(3)24-17-14-12(13-6-5-7-22-13)8-23-16(14)19-11(4)20-17/h5-10H,1-4H3,(H,18,21). The van der Waals surface area contributed by atoms with Gasteiger partial charge < -0.3 is 5.32 Å². The first kappa shape index (κ1) is 17.4. The Morgan fingerprint density at radius 3 is 2.71 bits per heavy atom. The molecule has 0 radical (unpaired) electrons. The van der Waals surface area contributed by atoms with Crippen LogP contribution in [0.2, 0.25) is 0 Å². The van der Waals surface area contributed by atoms with E-state index in [1.54, 1.807) is 22.7 Å². The second-order valence-corrected chi connectivity index (χ2v) is 8.94. The quantitative estimate of drug-likeness (QED) is 0.516. The van der Waals surface area contributed by atoms with Crippen molar-refractivity contribution in [3.63, 3.8) is 0 Å². The Morgan fingerprint density at radius 1 is 1.25 bits per heavy atom. The maximum Gasteiger partial charge on any atom is 0.233 e. The van der Waals surface area contributed by atoms with E-state index in [0.29, 0.717) is 0 Å². The zero-order valence-electron chi connectivity index (χ0n) is 14.0. The number of nitrogens with one attached hydrogen (secondary N) is 1. The fourth-order valence-electron chi connectivity index (χ4n) is 2.33. The third-order valence-electron chi connectivity index (χ3n) is 3.39. The fraction of sp³-hybridized carbons (Fsp3) is 0.353. The van der Waals surface area contributed by atoms with E-state index in [-0.39, 0.29) is 17.2 Å². The minimum absolute atomic E-state index is 0.0346. The molecule has 0 saturated carbocycles. The minimum Gasteiger partial charge on any atom is -0.353 e. The van der Waals surface area contributed by atoms with Gasteiger partial charge in [0.15, 0.2) is 0 Å². The highest BCUT2D eigenvalue weighted by atomic mass is 32.2. The van der Waals surface area contributed by atoms with E-state index >= 15 is 0 Å². The van der Waals surface area contributed by atoms with Crippen molar-refractivity contribution in [1.82, 2.24) is 15.3 Å². The van der Waals surface area contributed by atoms with Crippen LogP contribution in [0.5, 0.6) is 0 Å². The van der Waals surface area contributed by atoms with Crippen molar-refractivity contribution in [3.05, 3.63) is 28.7 Å². The van der Waals surface area contributed by atoms with Crippen molar-refractivity contribution in [2.24, 2.45) is 0 Å². The van der Waals surface area contributed by atoms with Crippen LogP contribution >= 0.6 is 34.4 Å². The molecule has 3 aromatic rings. The van der Waals surface area contributed by atoms with Crippen LogP contribution in [0, 0.1) is 6.92 Å². The van der Waals surface area contributed by atoms with Crippen molar-refractivity contribution in [2.75, 3.05) is 0 Å². The number of rotatable bonds is 5. The number of hydrogen-bond donors (Lipinski definition) is 1. The average Bonchev–Trinajstić information content (AvgIpc) is 3.14. The summed E-state index contributed by atoms with van der Waals surface area (Å²) in [6, 6.07) is 4.29. The van der Waals surface area contributed by atoms with Crippen molar-refractivity contribution < 1.29 is 4.79 Å². The van der Waals surface area contributed by atoms with Crippen LogP contribution in [-0.2, 0) is 4.79 Å². The van der Waals surface area contributed by atoms with E-state index in [2.05, 4.69) is 32.1 Å². The predicted octanol–water partition coefficient (Wildman–Crippen LogP) is 4.73. The summed E-state index contributed by atoms with van der Waals surface area (Å²) >= 11 is 4.83. The molecule has 0 aliphatic carbocycles. The molecular weight excluding hydrogens is 358 g/mol. The largest absolute Gasteiger partial charge is 0.353 e. The average molecular weight is 378 g/mol. The molecule has 24 heavy (non-hydrogen) atoms. The smallest absolute Gasteiger partial charge is 0.233 e. The van der Waals surface area contributed by atoms with E-state index in [0.717, 1.165) is 26.6 Å². The Bertz CT molecular complexity index is 855. The summed E-state index contributed by atoms with van der Waals surface area (Å²) in [6.07, 6.45) is 0. The first-order valence-corrected chi connectivity index (χ1v) is 10.4. The molecular formula is C17H19N3OS3. The molecule has 126 valence electrons. The number of nitrogens with zero attached hydrogens (tertiary/aromatic N) is 2. The number of carbonyl (C=O) groups excluding carboxylic acids is 1. The summed E-state index contributed by atoms with van der Waals surface area (Å²) in [5.74, 6) is 0.772. The number of carbonyl (C=O) groups is 1. The van der Waals surface area contributed by atoms with E-state index < -0.39 is 0 Å². The molecule has 1 atom stereocenters. The van der Waals surface area contributed by atoms with Crippen molar-refractivity contribution in [3.8, 4) is 10.4 Å². The third-order valence-corrected chi connectivity index (χ3v) is 6.25. The van der Waals surface area contributed by atoms with Gasteiger partial charge in [0.2, 0.25) is 5.91 Å². The Labute approximate surface area is 153 Å². The molecule has 0 aromatic carbocycles. The van der Waals surface area contributed by atoms with Gasteiger partial charge in [-0.25, -0.2) is 9.97 Å². The highest BCUT2D eigenvalue weighted by molar-refractivity contribution is 8.00. The lowest BCUT2D eigenvalue weighted by Crippen LogP contribution is -2.35. The topological polar surface area (TPSA) is 54.9 Å². The van der Waals surface area contributed by atoms with Crippen LogP contribution < -0.4 is 5.32 Å². The Morgan fingerprint density at radius 2 is 2.04 bits per heavy atom. The number of thioether (sulfide) groups is 1. The number of aromatic nitrogens is 2. The number of fused-ring (bicyclic) bond motifs is 1. The maximum atomic E-state index is 12.3. The van der Waals surface area contributed by atoms with Crippen LogP contribution in [0.1, 0.15) is 26.6 Å². The molecule has 3 rings (SSSR count). The van der Waals surface area contributed by atoms with Gasteiger partial charge >= 0.3 is 0 Å². The lowest BCUT2D eigenvalue weighted by atomic mass is 10.2. The van der Waals surface area contributed by atoms with Crippen LogP contribution in [0.4, 0.5) is 0 Å². The second-order valence-electron chi connectivity index (χ2n) is 5.81. The summed E-state index contributed by atoms with van der Waals surface area (Å²) < 4.78 is 0. The molecule has 7 heteroatoms. The molecule has 0 fully saturated rings. The van der Waals surface area contributed by atoms with Crippen LogP contribution in [0.3, 0.4) is 0 Å². The van der Waals surface area contributed by atoms with E-state index in [1.165, 1.54) is 16.6 Å². The van der Waals surface area contributed by atoms with Gasteiger partial charge in [0.05, 0.1) is 10.6 Å². The molecule has 0 spiro atoms. The molecule has 3 heterocycles. The molecule has 1 amide bonds. The third kappa shape index (κ3) is 3.63. The summed E-state index contributed by atoms with van der Waals surface area (Å²) in [7, 11) is 0. The molecule has 4 nitrogen and oxygen atoms in total. The second kappa shape index (κ2) is 7.21. The van der Waals surface area contributed by atoms with Crippen LogP contribution in [-0.4, -0.2) is 27.2 Å². The molecule has 0 saturated heterocycles.